The lowest BCUT2D eigenvalue weighted by atomic mass is 9.84. The lowest BCUT2D eigenvalue weighted by Crippen LogP contribution is -2.55. The van der Waals surface area contributed by atoms with Gasteiger partial charge in [0, 0.05) is 13.1 Å². The van der Waals surface area contributed by atoms with Crippen LogP contribution >= 0.6 is 12.4 Å². The van der Waals surface area contributed by atoms with E-state index in [1.807, 2.05) is 0 Å². The summed E-state index contributed by atoms with van der Waals surface area (Å²) in [6.07, 6.45) is 8.18. The van der Waals surface area contributed by atoms with Gasteiger partial charge in [0.05, 0.1) is 12.6 Å². The first-order valence-corrected chi connectivity index (χ1v) is 12.4. The van der Waals surface area contributed by atoms with E-state index in [1.54, 1.807) is 6.92 Å². The van der Waals surface area contributed by atoms with Crippen molar-refractivity contribution < 1.29 is 23.9 Å². The largest absolute Gasteiger partial charge is 0.450 e. The first-order chi connectivity index (χ1) is 16.3. The second-order valence-electron chi connectivity index (χ2n) is 9.05. The highest BCUT2D eigenvalue weighted by atomic mass is 35.5. The van der Waals surface area contributed by atoms with Crippen LogP contribution in [0, 0.1) is 5.92 Å². The monoisotopic (exact) mass is 516 g/mol. The van der Waals surface area contributed by atoms with Crippen LogP contribution in [0.1, 0.15) is 71.1 Å². The van der Waals surface area contributed by atoms with Crippen LogP contribution in [0.5, 0.6) is 0 Å². The number of guanidine groups is 1. The van der Waals surface area contributed by atoms with Crippen LogP contribution in [0.4, 0.5) is 4.79 Å². The Labute approximate surface area is 213 Å². The number of nitrogens with zero attached hydrogens (tertiary/aromatic N) is 2. The van der Waals surface area contributed by atoms with Crippen LogP contribution in [0.3, 0.4) is 0 Å². The molecule has 1 heterocycles. The van der Waals surface area contributed by atoms with Crippen molar-refractivity contribution in [3.63, 3.8) is 0 Å². The molecule has 3 atom stereocenters. The normalized spacial score (nSPS) is 19.6. The highest BCUT2D eigenvalue weighted by Crippen LogP contribution is 2.29. The lowest BCUT2D eigenvalue weighted by molar-refractivity contribution is -0.140. The van der Waals surface area contributed by atoms with Gasteiger partial charge in [-0.15, -0.1) is 12.4 Å². The quantitative estimate of drug-likeness (QED) is 0.131. The molecule has 0 aromatic carbocycles. The maximum absolute atomic E-state index is 13.5. The van der Waals surface area contributed by atoms with E-state index in [4.69, 9.17) is 16.2 Å². The van der Waals surface area contributed by atoms with Gasteiger partial charge in [-0.1, -0.05) is 32.1 Å². The predicted molar refractivity (Wildman–Crippen MR) is 135 cm³/mol. The molecular weight excluding hydrogens is 476 g/mol. The Morgan fingerprint density at radius 1 is 1.11 bits per heavy atom. The Balaban J connectivity index is 0.00000612. The van der Waals surface area contributed by atoms with Crippen molar-refractivity contribution in [1.29, 1.82) is 0 Å². The van der Waals surface area contributed by atoms with Crippen molar-refractivity contribution in [1.82, 2.24) is 15.5 Å². The van der Waals surface area contributed by atoms with Crippen LogP contribution < -0.4 is 22.1 Å². The number of likely N-dealkylation sites (tertiary alicyclic amines) is 1. The minimum atomic E-state index is -0.739. The Bertz CT molecular complexity index is 727. The number of aliphatic imine (C=N–C) groups is 1. The molecule has 1 saturated carbocycles. The van der Waals surface area contributed by atoms with E-state index in [2.05, 4.69) is 15.6 Å². The summed E-state index contributed by atoms with van der Waals surface area (Å²) < 4.78 is 5.01. The minimum Gasteiger partial charge on any atom is -0.450 e. The smallest absolute Gasteiger partial charge is 0.407 e. The highest BCUT2D eigenvalue weighted by Gasteiger charge is 2.39. The second-order valence-corrected chi connectivity index (χ2v) is 9.05. The molecule has 0 unspecified atom stereocenters. The topological polar surface area (TPSA) is 169 Å². The molecule has 35 heavy (non-hydrogen) atoms. The third kappa shape index (κ3) is 10.3. The van der Waals surface area contributed by atoms with Crippen molar-refractivity contribution in [2.75, 3.05) is 19.7 Å². The molecule has 0 aromatic heterocycles. The Morgan fingerprint density at radius 3 is 2.46 bits per heavy atom. The first-order valence-electron chi connectivity index (χ1n) is 12.4. The maximum atomic E-state index is 13.5. The molecule has 0 aromatic rings. The van der Waals surface area contributed by atoms with Gasteiger partial charge in [0.15, 0.2) is 5.96 Å². The molecule has 3 amide bonds. The fourth-order valence-corrected chi connectivity index (χ4v) is 4.77. The molecule has 0 spiro atoms. The van der Waals surface area contributed by atoms with Gasteiger partial charge in [-0.05, 0) is 44.9 Å². The summed E-state index contributed by atoms with van der Waals surface area (Å²) in [5, 5.41) is 5.46. The molecule has 0 bridgehead atoms. The number of carbonyl (C=O) groups excluding carboxylic acids is 4. The van der Waals surface area contributed by atoms with Gasteiger partial charge in [-0.2, -0.15) is 0 Å². The molecular formula is C23H41ClN6O5. The fourth-order valence-electron chi connectivity index (χ4n) is 4.77. The molecule has 1 aliphatic heterocycles. The van der Waals surface area contributed by atoms with Gasteiger partial charge >= 0.3 is 6.09 Å². The lowest BCUT2D eigenvalue weighted by Gasteiger charge is -2.31. The zero-order valence-electron chi connectivity index (χ0n) is 20.6. The molecule has 11 nitrogen and oxygen atoms in total. The Hall–Kier alpha value is -2.56. The molecule has 1 saturated heterocycles. The molecule has 12 heteroatoms. The van der Waals surface area contributed by atoms with Crippen molar-refractivity contribution >= 4 is 42.6 Å². The van der Waals surface area contributed by atoms with Gasteiger partial charge in [-0.3, -0.25) is 14.6 Å². The number of halogens is 1. The van der Waals surface area contributed by atoms with Crippen LogP contribution in [0.15, 0.2) is 4.99 Å². The van der Waals surface area contributed by atoms with Crippen LogP contribution in [0.2, 0.25) is 0 Å². The molecule has 2 rings (SSSR count). The van der Waals surface area contributed by atoms with Crippen molar-refractivity contribution in [3.8, 4) is 0 Å². The first kappa shape index (κ1) is 30.5. The van der Waals surface area contributed by atoms with E-state index in [0.29, 0.717) is 57.4 Å². The minimum absolute atomic E-state index is 0. The van der Waals surface area contributed by atoms with Crippen molar-refractivity contribution in [2.45, 2.75) is 89.3 Å². The van der Waals surface area contributed by atoms with Crippen molar-refractivity contribution in [2.24, 2.45) is 22.4 Å². The predicted octanol–water partition coefficient (Wildman–Crippen LogP) is 1.22. The van der Waals surface area contributed by atoms with Crippen LogP contribution in [-0.2, 0) is 19.1 Å². The number of nitrogens with two attached hydrogens (primary N) is 2. The highest BCUT2D eigenvalue weighted by molar-refractivity contribution is 5.92. The number of amides is 3. The molecule has 0 radical (unpaired) electrons. The van der Waals surface area contributed by atoms with Gasteiger partial charge in [0.1, 0.15) is 18.4 Å². The van der Waals surface area contributed by atoms with Gasteiger partial charge in [0.25, 0.3) is 0 Å². The van der Waals surface area contributed by atoms with Crippen LogP contribution in [0.25, 0.3) is 0 Å². The number of hydrogen-bond acceptors (Lipinski definition) is 6. The average molecular weight is 517 g/mol. The summed E-state index contributed by atoms with van der Waals surface area (Å²) in [7, 11) is 0. The maximum Gasteiger partial charge on any atom is 0.407 e. The third-order valence-electron chi connectivity index (χ3n) is 6.46. The zero-order valence-corrected chi connectivity index (χ0v) is 21.4. The van der Waals surface area contributed by atoms with E-state index in [0.717, 1.165) is 25.7 Å². The van der Waals surface area contributed by atoms with Gasteiger partial charge in [-0.25, -0.2) is 4.79 Å². The SMILES string of the molecule is CCOC(=O)N[C@H](CC1CCCCC1)C(=O)N1CCC[C@H]1C(=O)N[C@H](C=O)CCCN=C(N)N.Cl. The van der Waals surface area contributed by atoms with E-state index in [-0.39, 0.29) is 36.8 Å². The Morgan fingerprint density at radius 2 is 1.83 bits per heavy atom. The number of nitrogens with one attached hydrogen (secondary N) is 2. The summed E-state index contributed by atoms with van der Waals surface area (Å²) >= 11 is 0. The van der Waals surface area contributed by atoms with Gasteiger partial charge in [0.2, 0.25) is 11.8 Å². The number of alkyl carbamates (subject to hydrolysis) is 1. The molecule has 6 N–H and O–H groups in total. The average Bonchev–Trinajstić information content (AvgIpc) is 3.31. The zero-order chi connectivity index (χ0) is 24.9. The summed E-state index contributed by atoms with van der Waals surface area (Å²) in [6.45, 7) is 2.71. The Kier molecular flexibility index (Phi) is 14.1. The summed E-state index contributed by atoms with van der Waals surface area (Å²) in [5.74, 6) is -0.306. The number of ether oxygens (including phenoxy) is 1. The van der Waals surface area contributed by atoms with E-state index >= 15 is 0 Å². The van der Waals surface area contributed by atoms with E-state index in [9.17, 15) is 19.2 Å². The molecule has 2 aliphatic rings. The second kappa shape index (κ2) is 16.2. The van der Waals surface area contributed by atoms with E-state index < -0.39 is 24.2 Å². The standard InChI is InChI=1S/C23H40N6O5.ClH/c1-2-34-23(33)28-18(14-16-8-4-3-5-9-16)21(32)29-13-7-11-19(29)20(31)27-17(15-30)10-6-12-26-22(24)25;/h15-19H,2-14H2,1H3,(H,27,31)(H,28,33)(H4,24,25,26);1H/t17-,18+,19-;/m0./s1. The number of carbonyl (C=O) groups is 4. The number of hydrogen-bond donors (Lipinski definition) is 4. The number of rotatable bonds is 12. The molecule has 2 fully saturated rings. The summed E-state index contributed by atoms with van der Waals surface area (Å²) in [5.41, 5.74) is 10.6. The summed E-state index contributed by atoms with van der Waals surface area (Å²) in [6, 6.07) is -2.10. The fraction of sp³-hybridized carbons (Fsp3) is 0.783. The van der Waals surface area contributed by atoms with Gasteiger partial charge < -0.3 is 36.5 Å². The molecule has 1 aliphatic carbocycles. The third-order valence-corrected chi connectivity index (χ3v) is 6.46. The van der Waals surface area contributed by atoms with Crippen LogP contribution in [-0.4, -0.2) is 72.9 Å². The van der Waals surface area contributed by atoms with E-state index in [1.165, 1.54) is 11.3 Å². The van der Waals surface area contributed by atoms with Crippen molar-refractivity contribution in [3.05, 3.63) is 0 Å². The number of aldehydes is 1. The summed E-state index contributed by atoms with van der Waals surface area (Å²) in [4.78, 5) is 55.5. The molecule has 200 valence electrons.